The Kier molecular flexibility index (Phi) is 3.62. The minimum absolute atomic E-state index is 0.414. The molecule has 3 heteroatoms. The lowest BCUT2D eigenvalue weighted by Crippen LogP contribution is -2.01. The molecular weight excluding hydrogens is 294 g/mol. The summed E-state index contributed by atoms with van der Waals surface area (Å²) in [5.74, 6) is 1.32. The zero-order valence-electron chi connectivity index (χ0n) is 13.8. The van der Waals surface area contributed by atoms with Gasteiger partial charge in [0.2, 0.25) is 0 Å². The lowest BCUT2D eigenvalue weighted by Gasteiger charge is -2.15. The van der Waals surface area contributed by atoms with Crippen molar-refractivity contribution in [1.29, 1.82) is 0 Å². The van der Waals surface area contributed by atoms with Gasteiger partial charge in [0, 0.05) is 11.8 Å². The van der Waals surface area contributed by atoms with Crippen molar-refractivity contribution in [3.05, 3.63) is 78.8 Å². The van der Waals surface area contributed by atoms with Crippen molar-refractivity contribution in [3.8, 4) is 16.9 Å². The number of nitrogens with zero attached hydrogens (tertiary/aromatic N) is 3. The molecular formula is C21H19N3. The van der Waals surface area contributed by atoms with E-state index < -0.39 is 0 Å². The number of fused-ring (bicyclic) bond motifs is 1. The summed E-state index contributed by atoms with van der Waals surface area (Å²) in [4.78, 5) is 9.19. The largest absolute Gasteiger partial charge is 0.283 e. The van der Waals surface area contributed by atoms with Crippen molar-refractivity contribution >= 4 is 11.0 Å². The number of rotatable bonds is 3. The summed E-state index contributed by atoms with van der Waals surface area (Å²) in [6.07, 6.45) is 3.83. The van der Waals surface area contributed by atoms with Crippen molar-refractivity contribution in [3.63, 3.8) is 0 Å². The highest BCUT2D eigenvalue weighted by Crippen LogP contribution is 2.30. The lowest BCUT2D eigenvalue weighted by atomic mass is 9.94. The first-order valence-electron chi connectivity index (χ1n) is 8.22. The number of pyridine rings is 1. The number of hydrogen-bond donors (Lipinski definition) is 0. The molecule has 0 unspecified atom stereocenters. The van der Waals surface area contributed by atoms with E-state index in [0.717, 1.165) is 16.9 Å². The first-order chi connectivity index (χ1) is 11.7. The van der Waals surface area contributed by atoms with E-state index in [1.807, 2.05) is 36.8 Å². The number of hydrogen-bond acceptors (Lipinski definition) is 2. The Morgan fingerprint density at radius 2 is 1.62 bits per heavy atom. The van der Waals surface area contributed by atoms with Crippen LogP contribution in [0, 0.1) is 0 Å². The van der Waals surface area contributed by atoms with Gasteiger partial charge >= 0.3 is 0 Å². The predicted octanol–water partition coefficient (Wildman–Crippen LogP) is 5.21. The third-order valence-corrected chi connectivity index (χ3v) is 4.33. The van der Waals surface area contributed by atoms with Gasteiger partial charge in [0.15, 0.2) is 0 Å². The first kappa shape index (κ1) is 14.6. The molecule has 0 atom stereocenters. The fourth-order valence-corrected chi connectivity index (χ4v) is 3.07. The van der Waals surface area contributed by atoms with E-state index in [1.165, 1.54) is 16.7 Å². The Morgan fingerprint density at radius 3 is 2.42 bits per heavy atom. The molecule has 4 rings (SSSR count). The number of aromatic nitrogens is 3. The van der Waals surface area contributed by atoms with E-state index in [9.17, 15) is 0 Å². The summed E-state index contributed by atoms with van der Waals surface area (Å²) in [6.45, 7) is 4.44. The minimum atomic E-state index is 0.414. The molecule has 0 bridgehead atoms. The molecule has 0 saturated heterocycles. The molecule has 24 heavy (non-hydrogen) atoms. The van der Waals surface area contributed by atoms with E-state index >= 15 is 0 Å². The van der Waals surface area contributed by atoms with Gasteiger partial charge in [0.1, 0.15) is 12.1 Å². The van der Waals surface area contributed by atoms with Crippen LogP contribution in [0.3, 0.4) is 0 Å². The van der Waals surface area contributed by atoms with Crippen LogP contribution in [0.25, 0.3) is 28.0 Å². The molecule has 0 spiro atoms. The van der Waals surface area contributed by atoms with Gasteiger partial charge in [-0.25, -0.2) is 9.97 Å². The lowest BCUT2D eigenvalue weighted by molar-refractivity contribution is 0.859. The average molecular weight is 313 g/mol. The van der Waals surface area contributed by atoms with Gasteiger partial charge in [-0.1, -0.05) is 56.3 Å². The molecule has 3 nitrogen and oxygen atoms in total. The summed E-state index contributed by atoms with van der Waals surface area (Å²) in [5, 5.41) is 0. The summed E-state index contributed by atoms with van der Waals surface area (Å²) in [7, 11) is 0. The van der Waals surface area contributed by atoms with Gasteiger partial charge in [-0.05, 0) is 35.2 Å². The van der Waals surface area contributed by atoms with Crippen LogP contribution in [-0.4, -0.2) is 14.5 Å². The normalized spacial score (nSPS) is 11.3. The first-order valence-corrected chi connectivity index (χ1v) is 8.22. The maximum absolute atomic E-state index is 4.71. The number of para-hydroxylation sites is 2. The van der Waals surface area contributed by atoms with Crippen LogP contribution in [0.4, 0.5) is 0 Å². The van der Waals surface area contributed by atoms with Gasteiger partial charge in [-0.3, -0.25) is 4.57 Å². The molecule has 0 aliphatic carbocycles. The summed E-state index contributed by atoms with van der Waals surface area (Å²) < 4.78 is 2.05. The number of benzene rings is 2. The van der Waals surface area contributed by atoms with E-state index in [4.69, 9.17) is 4.98 Å². The van der Waals surface area contributed by atoms with Gasteiger partial charge in [-0.2, -0.15) is 0 Å². The second-order valence-corrected chi connectivity index (χ2v) is 6.25. The van der Waals surface area contributed by atoms with Crippen molar-refractivity contribution < 1.29 is 0 Å². The third-order valence-electron chi connectivity index (χ3n) is 4.33. The van der Waals surface area contributed by atoms with Gasteiger partial charge in [0.25, 0.3) is 0 Å². The fourth-order valence-electron chi connectivity index (χ4n) is 3.07. The molecule has 0 fully saturated rings. The van der Waals surface area contributed by atoms with Crippen LogP contribution >= 0.6 is 0 Å². The Morgan fingerprint density at radius 1 is 0.875 bits per heavy atom. The Labute approximate surface area is 141 Å². The summed E-state index contributed by atoms with van der Waals surface area (Å²) >= 11 is 0. The van der Waals surface area contributed by atoms with Crippen molar-refractivity contribution in [2.45, 2.75) is 19.8 Å². The van der Waals surface area contributed by atoms with E-state index in [2.05, 4.69) is 59.8 Å². The van der Waals surface area contributed by atoms with Crippen LogP contribution in [0.1, 0.15) is 25.3 Å². The van der Waals surface area contributed by atoms with Crippen LogP contribution in [0.15, 0.2) is 73.2 Å². The molecule has 0 amide bonds. The maximum Gasteiger partial charge on any atom is 0.138 e. The number of imidazole rings is 1. The molecule has 4 aromatic rings. The third kappa shape index (κ3) is 2.48. The van der Waals surface area contributed by atoms with Gasteiger partial charge in [0.05, 0.1) is 11.0 Å². The zero-order valence-corrected chi connectivity index (χ0v) is 13.8. The summed E-state index contributed by atoms with van der Waals surface area (Å²) in [6, 6.07) is 20.8. The second-order valence-electron chi connectivity index (χ2n) is 6.25. The fraction of sp³-hybridized carbons (Fsp3) is 0.143. The molecule has 2 aromatic carbocycles. The molecule has 0 saturated carbocycles. The highest BCUT2D eigenvalue weighted by Gasteiger charge is 2.13. The van der Waals surface area contributed by atoms with E-state index in [-0.39, 0.29) is 0 Å². The van der Waals surface area contributed by atoms with Crippen LogP contribution in [0.5, 0.6) is 0 Å². The van der Waals surface area contributed by atoms with Crippen molar-refractivity contribution in [1.82, 2.24) is 14.5 Å². The highest BCUT2D eigenvalue weighted by molar-refractivity contribution is 5.77. The molecule has 118 valence electrons. The van der Waals surface area contributed by atoms with Crippen LogP contribution in [-0.2, 0) is 0 Å². The molecule has 2 heterocycles. The van der Waals surface area contributed by atoms with Crippen LogP contribution < -0.4 is 0 Å². The topological polar surface area (TPSA) is 30.7 Å². The van der Waals surface area contributed by atoms with Crippen LogP contribution in [0.2, 0.25) is 0 Å². The van der Waals surface area contributed by atoms with E-state index in [0.29, 0.717) is 5.92 Å². The SMILES string of the molecule is CC(C)c1cc(-n2cnc3ccccc32)ncc1-c1ccccc1. The Bertz CT molecular complexity index is 984. The van der Waals surface area contributed by atoms with Crippen molar-refractivity contribution in [2.75, 3.05) is 0 Å². The summed E-state index contributed by atoms with van der Waals surface area (Å²) in [5.41, 5.74) is 5.75. The van der Waals surface area contributed by atoms with E-state index in [1.54, 1.807) is 0 Å². The smallest absolute Gasteiger partial charge is 0.138 e. The molecule has 0 radical (unpaired) electrons. The highest BCUT2D eigenvalue weighted by atomic mass is 15.1. The molecule has 2 aromatic heterocycles. The quantitative estimate of drug-likeness (QED) is 0.520. The molecule has 0 N–H and O–H groups in total. The second kappa shape index (κ2) is 5.93. The zero-order chi connectivity index (χ0) is 16.5. The minimum Gasteiger partial charge on any atom is -0.283 e. The van der Waals surface area contributed by atoms with Gasteiger partial charge in [-0.15, -0.1) is 0 Å². The maximum atomic E-state index is 4.71. The molecule has 0 aliphatic heterocycles. The van der Waals surface area contributed by atoms with Crippen molar-refractivity contribution in [2.24, 2.45) is 0 Å². The average Bonchev–Trinajstić information content (AvgIpc) is 3.06. The monoisotopic (exact) mass is 313 g/mol. The predicted molar refractivity (Wildman–Crippen MR) is 98.4 cm³/mol. The van der Waals surface area contributed by atoms with Gasteiger partial charge < -0.3 is 0 Å². The molecule has 0 aliphatic rings. The Balaban J connectivity index is 1.88. The Hall–Kier alpha value is -2.94. The standard InChI is InChI=1S/C21H19N3/c1-15(2)17-12-21(22-13-18(17)16-8-4-3-5-9-16)24-14-23-19-10-6-7-11-20(19)24/h3-15H,1-2H3.